The van der Waals surface area contributed by atoms with Crippen LogP contribution in [0.2, 0.25) is 0 Å². The van der Waals surface area contributed by atoms with Gasteiger partial charge in [-0.2, -0.15) is 0 Å². The van der Waals surface area contributed by atoms with Gasteiger partial charge in [0.05, 0.1) is 12.4 Å². The molecule has 0 radical (unpaired) electrons. The third kappa shape index (κ3) is 5.11. The van der Waals surface area contributed by atoms with Crippen LogP contribution in [0.4, 0.5) is 0 Å². The quantitative estimate of drug-likeness (QED) is 0.603. The van der Waals surface area contributed by atoms with Crippen molar-refractivity contribution in [2.45, 2.75) is 12.5 Å². The van der Waals surface area contributed by atoms with Gasteiger partial charge in [-0.1, -0.05) is 0 Å². The van der Waals surface area contributed by atoms with Crippen molar-refractivity contribution < 1.29 is 0 Å². The third-order valence-electron chi connectivity index (χ3n) is 1.00. The summed E-state index contributed by atoms with van der Waals surface area (Å²) in [5, 5.41) is 0. The lowest BCUT2D eigenvalue weighted by atomic mass is 10.3. The lowest BCUT2D eigenvalue weighted by molar-refractivity contribution is 0.755. The summed E-state index contributed by atoms with van der Waals surface area (Å²) in [6.07, 6.45) is 0.778. The Balaban J connectivity index is -0.000000163. The first-order valence-corrected chi connectivity index (χ1v) is 2.33. The highest BCUT2D eigenvalue weighted by atomic mass is 35.5. The second kappa shape index (κ2) is 7.41. The van der Waals surface area contributed by atoms with Crippen molar-refractivity contribution in [1.82, 2.24) is 0 Å². The van der Waals surface area contributed by atoms with Crippen LogP contribution < -0.4 is 11.5 Å². The molecule has 0 saturated heterocycles. The summed E-state index contributed by atoms with van der Waals surface area (Å²) in [5.74, 6) is 0.701. The highest BCUT2D eigenvalue weighted by molar-refractivity contribution is 5.86. The van der Waals surface area contributed by atoms with Crippen molar-refractivity contribution in [3.05, 3.63) is 0 Å². The number of hydrogen-bond acceptors (Lipinski definition) is 3. The summed E-state index contributed by atoms with van der Waals surface area (Å²) in [6, 6.07) is 0.194. The molecule has 6 heteroatoms. The van der Waals surface area contributed by atoms with Crippen LogP contribution in [0.25, 0.3) is 0 Å². The lowest BCUT2D eigenvalue weighted by Crippen LogP contribution is -2.22. The van der Waals surface area contributed by atoms with Crippen LogP contribution >= 0.6 is 37.2 Å². The molecular formula is C4H12Cl3N3. The van der Waals surface area contributed by atoms with Gasteiger partial charge in [-0.3, -0.25) is 4.99 Å². The van der Waals surface area contributed by atoms with E-state index in [0.29, 0.717) is 12.4 Å². The van der Waals surface area contributed by atoms with Crippen molar-refractivity contribution in [1.29, 1.82) is 0 Å². The summed E-state index contributed by atoms with van der Waals surface area (Å²) < 4.78 is 0. The normalized spacial score (nSPS) is 21.3. The van der Waals surface area contributed by atoms with E-state index in [9.17, 15) is 0 Å². The molecule has 0 spiro atoms. The second-order valence-electron chi connectivity index (χ2n) is 1.80. The molecule has 0 bridgehead atoms. The molecule has 1 unspecified atom stereocenters. The lowest BCUT2D eigenvalue weighted by Gasteiger charge is -1.93. The Bertz CT molecular complexity index is 106. The first-order valence-electron chi connectivity index (χ1n) is 2.33. The molecule has 1 aliphatic rings. The zero-order valence-corrected chi connectivity index (χ0v) is 7.77. The van der Waals surface area contributed by atoms with Crippen molar-refractivity contribution in [2.75, 3.05) is 6.54 Å². The average Bonchev–Trinajstić information content (AvgIpc) is 1.87. The first-order chi connectivity index (χ1) is 3.29. The molecular weight excluding hydrogens is 196 g/mol. The number of rotatable bonds is 0. The van der Waals surface area contributed by atoms with Gasteiger partial charge in [0.1, 0.15) is 0 Å². The Kier molecular flexibility index (Phi) is 12.4. The summed E-state index contributed by atoms with van der Waals surface area (Å²) in [6.45, 7) is 0.714. The molecule has 0 aromatic carbocycles. The Hall–Kier alpha value is 0.300. The second-order valence-corrected chi connectivity index (χ2v) is 1.80. The topological polar surface area (TPSA) is 64.4 Å². The number of amidine groups is 1. The largest absolute Gasteiger partial charge is 0.387 e. The molecule has 0 aromatic heterocycles. The van der Waals surface area contributed by atoms with Gasteiger partial charge in [-0.25, -0.2) is 0 Å². The summed E-state index contributed by atoms with van der Waals surface area (Å²) in [4.78, 5) is 3.89. The van der Waals surface area contributed by atoms with E-state index in [1.165, 1.54) is 0 Å². The van der Waals surface area contributed by atoms with Gasteiger partial charge in [0.2, 0.25) is 0 Å². The van der Waals surface area contributed by atoms with Gasteiger partial charge < -0.3 is 11.5 Å². The van der Waals surface area contributed by atoms with Gasteiger partial charge in [0.15, 0.2) is 0 Å². The van der Waals surface area contributed by atoms with E-state index in [1.807, 2.05) is 0 Å². The van der Waals surface area contributed by atoms with Crippen molar-refractivity contribution >= 4 is 43.1 Å². The molecule has 3 nitrogen and oxygen atoms in total. The van der Waals surface area contributed by atoms with E-state index < -0.39 is 0 Å². The Labute approximate surface area is 78.9 Å². The van der Waals surface area contributed by atoms with Gasteiger partial charge in [0.25, 0.3) is 0 Å². The molecule has 1 rings (SSSR count). The van der Waals surface area contributed by atoms with Gasteiger partial charge in [-0.15, -0.1) is 37.2 Å². The maximum Gasteiger partial charge on any atom is 0.0954 e. The van der Waals surface area contributed by atoms with Crippen LogP contribution in [0.1, 0.15) is 6.42 Å². The highest BCUT2D eigenvalue weighted by Crippen LogP contribution is 1.96. The minimum Gasteiger partial charge on any atom is -0.387 e. The first kappa shape index (κ1) is 16.7. The molecule has 10 heavy (non-hydrogen) atoms. The number of halogens is 3. The molecule has 1 aliphatic heterocycles. The number of aliphatic imine (C=N–C) groups is 1. The maximum atomic E-state index is 5.43. The minimum absolute atomic E-state index is 0. The third-order valence-corrected chi connectivity index (χ3v) is 1.00. The predicted octanol–water partition coefficient (Wildman–Crippen LogP) is 0.340. The SMILES string of the molecule is Cl.Cl.Cl.NC1=NCC(N)C1. The molecule has 64 valence electrons. The molecule has 0 fully saturated rings. The van der Waals surface area contributed by atoms with Gasteiger partial charge in [-0.05, 0) is 0 Å². The molecule has 0 saturated carbocycles. The Morgan fingerprint density at radius 2 is 1.80 bits per heavy atom. The molecule has 0 amide bonds. The fraction of sp³-hybridized carbons (Fsp3) is 0.750. The van der Waals surface area contributed by atoms with Gasteiger partial charge >= 0.3 is 0 Å². The predicted molar refractivity (Wildman–Crippen MR) is 50.8 cm³/mol. The molecule has 0 aromatic rings. The van der Waals surface area contributed by atoms with Crippen LogP contribution in [-0.2, 0) is 0 Å². The molecule has 0 aliphatic carbocycles. The fourth-order valence-electron chi connectivity index (χ4n) is 0.632. The van der Waals surface area contributed by atoms with E-state index in [4.69, 9.17) is 11.5 Å². The highest BCUT2D eigenvalue weighted by Gasteiger charge is 2.09. The van der Waals surface area contributed by atoms with Crippen LogP contribution in [0.15, 0.2) is 4.99 Å². The van der Waals surface area contributed by atoms with Crippen LogP contribution in [0.5, 0.6) is 0 Å². The van der Waals surface area contributed by atoms with Gasteiger partial charge in [0, 0.05) is 12.5 Å². The van der Waals surface area contributed by atoms with E-state index in [0.717, 1.165) is 6.42 Å². The standard InChI is InChI=1S/C4H9N3.3ClH/c5-3-1-4(6)7-2-3;;;/h3H,1-2,5H2,(H2,6,7);3*1H. The van der Waals surface area contributed by atoms with E-state index in [1.54, 1.807) is 0 Å². The fourth-order valence-corrected chi connectivity index (χ4v) is 0.632. The zero-order chi connectivity index (χ0) is 5.28. The number of nitrogens with two attached hydrogens (primary N) is 2. The van der Waals surface area contributed by atoms with Crippen LogP contribution in [-0.4, -0.2) is 18.4 Å². The van der Waals surface area contributed by atoms with Crippen LogP contribution in [0, 0.1) is 0 Å². The molecule has 4 N–H and O–H groups in total. The molecule has 1 atom stereocenters. The van der Waals surface area contributed by atoms with Crippen molar-refractivity contribution in [3.8, 4) is 0 Å². The maximum absolute atomic E-state index is 5.43. The monoisotopic (exact) mass is 207 g/mol. The summed E-state index contributed by atoms with van der Waals surface area (Å²) >= 11 is 0. The van der Waals surface area contributed by atoms with E-state index >= 15 is 0 Å². The summed E-state index contributed by atoms with van der Waals surface area (Å²) in [5.41, 5.74) is 10.7. The number of hydrogen-bond donors (Lipinski definition) is 2. The summed E-state index contributed by atoms with van der Waals surface area (Å²) in [7, 11) is 0. The van der Waals surface area contributed by atoms with E-state index in [2.05, 4.69) is 4.99 Å². The van der Waals surface area contributed by atoms with E-state index in [-0.39, 0.29) is 43.3 Å². The van der Waals surface area contributed by atoms with Crippen molar-refractivity contribution in [3.63, 3.8) is 0 Å². The smallest absolute Gasteiger partial charge is 0.0954 e. The average molecular weight is 209 g/mol. The Morgan fingerprint density at radius 1 is 1.30 bits per heavy atom. The van der Waals surface area contributed by atoms with Crippen LogP contribution in [0.3, 0.4) is 0 Å². The Morgan fingerprint density at radius 3 is 1.90 bits per heavy atom. The van der Waals surface area contributed by atoms with Crippen molar-refractivity contribution in [2.24, 2.45) is 16.5 Å². The molecule has 1 heterocycles. The zero-order valence-electron chi connectivity index (χ0n) is 5.32. The number of nitrogens with zero attached hydrogens (tertiary/aromatic N) is 1. The minimum atomic E-state index is 0.